The largest absolute Gasteiger partial charge is 0.454 e. The van der Waals surface area contributed by atoms with Crippen molar-refractivity contribution in [3.05, 3.63) is 69.7 Å². The number of anilines is 1. The molecule has 6 rings (SSSR count). The van der Waals surface area contributed by atoms with E-state index < -0.39 is 5.41 Å². The van der Waals surface area contributed by atoms with Gasteiger partial charge in [0.15, 0.2) is 16.6 Å². The fourth-order valence-corrected chi connectivity index (χ4v) is 6.26. The van der Waals surface area contributed by atoms with Crippen molar-refractivity contribution < 1.29 is 14.3 Å². The maximum Gasteiger partial charge on any atom is 0.236 e. The van der Waals surface area contributed by atoms with E-state index in [0.717, 1.165) is 52.7 Å². The lowest BCUT2D eigenvalue weighted by Crippen LogP contribution is -2.34. The molecule has 6 nitrogen and oxygen atoms in total. The lowest BCUT2D eigenvalue weighted by atomic mass is 9.94. The third-order valence-electron chi connectivity index (χ3n) is 7.08. The molecule has 0 spiro atoms. The van der Waals surface area contributed by atoms with Crippen LogP contribution in [-0.4, -0.2) is 35.7 Å². The minimum absolute atomic E-state index is 0.0143. The van der Waals surface area contributed by atoms with E-state index >= 15 is 0 Å². The number of thiazole rings is 1. The highest BCUT2D eigenvalue weighted by Gasteiger charge is 2.52. The van der Waals surface area contributed by atoms with Crippen LogP contribution < -0.4 is 14.8 Å². The molecular formula is C26H26ClN3O3S. The van der Waals surface area contributed by atoms with Crippen LogP contribution in [-0.2, 0) is 10.2 Å². The van der Waals surface area contributed by atoms with Crippen molar-refractivity contribution in [2.75, 3.05) is 25.2 Å². The molecule has 3 heterocycles. The number of aromatic nitrogens is 1. The van der Waals surface area contributed by atoms with E-state index in [4.69, 9.17) is 21.1 Å². The molecule has 1 aromatic heterocycles. The summed E-state index contributed by atoms with van der Waals surface area (Å²) in [5, 5.41) is 4.49. The second kappa shape index (κ2) is 8.87. The topological polar surface area (TPSA) is 63.7 Å². The van der Waals surface area contributed by atoms with E-state index in [1.54, 1.807) is 0 Å². The Hall–Kier alpha value is -2.61. The number of carbonyl (C=O) groups excluding carboxylic acids is 1. The number of fused-ring (bicyclic) bond motifs is 1. The number of piperidine rings is 1. The van der Waals surface area contributed by atoms with E-state index in [1.807, 2.05) is 42.6 Å². The monoisotopic (exact) mass is 495 g/mol. The van der Waals surface area contributed by atoms with Crippen LogP contribution in [0.5, 0.6) is 11.5 Å². The van der Waals surface area contributed by atoms with Crippen molar-refractivity contribution in [2.24, 2.45) is 0 Å². The van der Waals surface area contributed by atoms with Crippen LogP contribution in [0, 0.1) is 0 Å². The molecule has 3 aromatic rings. The van der Waals surface area contributed by atoms with Crippen molar-refractivity contribution in [3.63, 3.8) is 0 Å². The number of carbonyl (C=O) groups is 1. The van der Waals surface area contributed by atoms with Gasteiger partial charge in [-0.2, -0.15) is 0 Å². The average molecular weight is 496 g/mol. The Morgan fingerprint density at radius 3 is 2.68 bits per heavy atom. The Morgan fingerprint density at radius 2 is 1.88 bits per heavy atom. The molecule has 34 heavy (non-hydrogen) atoms. The molecule has 1 aliphatic carbocycles. The van der Waals surface area contributed by atoms with Crippen molar-refractivity contribution in [3.8, 4) is 11.5 Å². The van der Waals surface area contributed by atoms with Crippen LogP contribution in [0.4, 0.5) is 5.13 Å². The smallest absolute Gasteiger partial charge is 0.236 e. The molecule has 2 aromatic carbocycles. The van der Waals surface area contributed by atoms with E-state index in [2.05, 4.69) is 21.3 Å². The first-order chi connectivity index (χ1) is 16.6. The SMILES string of the molecule is O=C(Nc1ncc(C(c2ccccc2Cl)N2CCCCC2)s1)C1(c2ccc3c(c2)OCO3)CC1. The summed E-state index contributed by atoms with van der Waals surface area (Å²) >= 11 is 8.16. The van der Waals surface area contributed by atoms with Crippen molar-refractivity contribution >= 4 is 34.0 Å². The summed E-state index contributed by atoms with van der Waals surface area (Å²) in [5.41, 5.74) is 1.53. The first-order valence-corrected chi connectivity index (χ1v) is 13.0. The average Bonchev–Trinajstić information content (AvgIpc) is 3.33. The van der Waals surface area contributed by atoms with Crippen molar-refractivity contribution in [1.29, 1.82) is 0 Å². The predicted octanol–water partition coefficient (Wildman–Crippen LogP) is 5.77. The molecule has 1 saturated carbocycles. The first kappa shape index (κ1) is 21.9. The number of rotatable bonds is 6. The summed E-state index contributed by atoms with van der Waals surface area (Å²) in [7, 11) is 0. The molecule has 3 aliphatic rings. The third kappa shape index (κ3) is 3.96. The maximum absolute atomic E-state index is 13.4. The zero-order chi connectivity index (χ0) is 23.1. The zero-order valence-electron chi connectivity index (χ0n) is 18.8. The lowest BCUT2D eigenvalue weighted by Gasteiger charge is -2.34. The first-order valence-electron chi connectivity index (χ1n) is 11.8. The number of hydrogen-bond donors (Lipinski definition) is 1. The van der Waals surface area contributed by atoms with Crippen LogP contribution in [0.25, 0.3) is 0 Å². The van der Waals surface area contributed by atoms with E-state index in [0.29, 0.717) is 10.9 Å². The fourth-order valence-electron chi connectivity index (χ4n) is 5.06. The molecule has 2 aliphatic heterocycles. The molecule has 1 unspecified atom stereocenters. The molecule has 176 valence electrons. The van der Waals surface area contributed by atoms with Gasteiger partial charge >= 0.3 is 0 Å². The number of ether oxygens (including phenoxy) is 2. The number of hydrogen-bond acceptors (Lipinski definition) is 6. The highest BCUT2D eigenvalue weighted by atomic mass is 35.5. The van der Waals surface area contributed by atoms with Gasteiger partial charge in [-0.05, 0) is 68.1 Å². The summed E-state index contributed by atoms with van der Waals surface area (Å²) in [6.07, 6.45) is 7.14. The standard InChI is InChI=1S/C26H26ClN3O3S/c27-19-7-3-2-6-18(19)23(30-12-4-1-5-13-30)22-15-28-25(34-22)29-24(31)26(10-11-26)17-8-9-20-21(14-17)33-16-32-20/h2-3,6-9,14-15,23H,1,4-5,10-13,16H2,(H,28,29,31). The number of likely N-dealkylation sites (tertiary alicyclic amines) is 1. The second-order valence-corrected chi connectivity index (χ2v) is 10.7. The summed E-state index contributed by atoms with van der Waals surface area (Å²) in [6, 6.07) is 13.9. The van der Waals surface area contributed by atoms with Gasteiger partial charge < -0.3 is 14.8 Å². The van der Waals surface area contributed by atoms with Crippen LogP contribution in [0.2, 0.25) is 5.02 Å². The highest BCUT2D eigenvalue weighted by Crippen LogP contribution is 2.51. The number of halogens is 1. The van der Waals surface area contributed by atoms with Gasteiger partial charge in [0.25, 0.3) is 0 Å². The molecule has 0 bridgehead atoms. The fraction of sp³-hybridized carbons (Fsp3) is 0.385. The lowest BCUT2D eigenvalue weighted by molar-refractivity contribution is -0.118. The van der Waals surface area contributed by atoms with Crippen LogP contribution in [0.15, 0.2) is 48.7 Å². The highest BCUT2D eigenvalue weighted by molar-refractivity contribution is 7.15. The van der Waals surface area contributed by atoms with Gasteiger partial charge in [0, 0.05) is 16.1 Å². The Kier molecular flexibility index (Phi) is 5.71. The molecule has 1 saturated heterocycles. The van der Waals surface area contributed by atoms with Crippen molar-refractivity contribution in [1.82, 2.24) is 9.88 Å². The van der Waals surface area contributed by atoms with E-state index in [-0.39, 0.29) is 18.7 Å². The maximum atomic E-state index is 13.4. The molecule has 1 N–H and O–H groups in total. The Labute approximate surface area is 207 Å². The Morgan fingerprint density at radius 1 is 1.09 bits per heavy atom. The van der Waals surface area contributed by atoms with Crippen LogP contribution >= 0.6 is 22.9 Å². The van der Waals surface area contributed by atoms with Gasteiger partial charge in [0.05, 0.1) is 11.5 Å². The molecule has 2 fully saturated rings. The minimum atomic E-state index is -0.526. The minimum Gasteiger partial charge on any atom is -0.454 e. The summed E-state index contributed by atoms with van der Waals surface area (Å²) < 4.78 is 10.9. The molecular weight excluding hydrogens is 470 g/mol. The predicted molar refractivity (Wildman–Crippen MR) is 133 cm³/mol. The normalized spacial score (nSPS) is 19.6. The van der Waals surface area contributed by atoms with Crippen LogP contribution in [0.3, 0.4) is 0 Å². The van der Waals surface area contributed by atoms with Crippen molar-refractivity contribution in [2.45, 2.75) is 43.6 Å². The molecule has 0 radical (unpaired) electrons. The number of nitrogens with zero attached hydrogens (tertiary/aromatic N) is 2. The Bertz CT molecular complexity index is 1220. The zero-order valence-corrected chi connectivity index (χ0v) is 20.3. The van der Waals surface area contributed by atoms with Gasteiger partial charge in [0.2, 0.25) is 12.7 Å². The third-order valence-corrected chi connectivity index (χ3v) is 8.39. The summed E-state index contributed by atoms with van der Waals surface area (Å²) in [5.74, 6) is 1.42. The van der Waals surface area contributed by atoms with Gasteiger partial charge in [-0.25, -0.2) is 4.98 Å². The van der Waals surface area contributed by atoms with E-state index in [1.165, 1.54) is 30.6 Å². The van der Waals surface area contributed by atoms with Gasteiger partial charge in [-0.3, -0.25) is 9.69 Å². The summed E-state index contributed by atoms with van der Waals surface area (Å²) in [6.45, 7) is 2.29. The second-order valence-electron chi connectivity index (χ2n) is 9.19. The molecule has 1 atom stereocenters. The quantitative estimate of drug-likeness (QED) is 0.470. The Balaban J connectivity index is 1.25. The van der Waals surface area contributed by atoms with Gasteiger partial charge in [0.1, 0.15) is 0 Å². The summed E-state index contributed by atoms with van der Waals surface area (Å²) in [4.78, 5) is 21.5. The molecule has 1 amide bonds. The number of nitrogens with one attached hydrogen (secondary N) is 1. The number of benzene rings is 2. The van der Waals surface area contributed by atoms with Gasteiger partial charge in [-0.1, -0.05) is 53.6 Å². The van der Waals surface area contributed by atoms with Gasteiger partial charge in [-0.15, -0.1) is 0 Å². The van der Waals surface area contributed by atoms with E-state index in [9.17, 15) is 4.79 Å². The van der Waals surface area contributed by atoms with Crippen LogP contribution in [0.1, 0.15) is 54.1 Å². The molecule has 8 heteroatoms. The number of amides is 1.